The topological polar surface area (TPSA) is 36.6 Å². The first-order chi connectivity index (χ1) is 12.6. The van der Waals surface area contributed by atoms with Crippen molar-refractivity contribution in [1.29, 1.82) is 0 Å². The van der Waals surface area contributed by atoms with Crippen molar-refractivity contribution in [3.8, 4) is 5.75 Å². The molecule has 1 aliphatic rings. The van der Waals surface area contributed by atoms with E-state index in [0.717, 1.165) is 22.7 Å². The Kier molecular flexibility index (Phi) is 5.75. The van der Waals surface area contributed by atoms with Crippen molar-refractivity contribution in [2.24, 2.45) is 0 Å². The minimum absolute atomic E-state index is 0. The molecule has 4 nitrogen and oxygen atoms in total. The zero-order valence-corrected chi connectivity index (χ0v) is 17.2. The molecule has 140 valence electrons. The highest BCUT2D eigenvalue weighted by Gasteiger charge is 2.51. The summed E-state index contributed by atoms with van der Waals surface area (Å²) in [7, 11) is 1.65. The molecule has 1 aliphatic heterocycles. The van der Waals surface area contributed by atoms with Crippen LogP contribution in [0.15, 0.2) is 72.9 Å². The Hall–Kier alpha value is -2.08. The molecule has 0 saturated heterocycles. The predicted molar refractivity (Wildman–Crippen MR) is 101 cm³/mol. The summed E-state index contributed by atoms with van der Waals surface area (Å²) < 4.78 is 7.30. The quantitative estimate of drug-likeness (QED) is 0.592. The van der Waals surface area contributed by atoms with Gasteiger partial charge in [-0.15, -0.1) is 0 Å². The SMILES string of the molecule is COc1ccc(CN2c3cccc[n+]3CC2(O)c2ccc(Cl)cc2)cc1.[Br-]. The summed E-state index contributed by atoms with van der Waals surface area (Å²) in [6, 6.07) is 21.3. The maximum atomic E-state index is 11.6. The van der Waals surface area contributed by atoms with Gasteiger partial charge in [0.1, 0.15) is 12.3 Å². The minimum atomic E-state index is -1.14. The van der Waals surface area contributed by atoms with Crippen molar-refractivity contribution < 1.29 is 31.4 Å². The zero-order chi connectivity index (χ0) is 18.1. The smallest absolute Gasteiger partial charge is 0.279 e. The fourth-order valence-corrected chi connectivity index (χ4v) is 3.57. The normalized spacial score (nSPS) is 18.0. The molecular formula is C21H20BrClN2O2. The van der Waals surface area contributed by atoms with Crippen molar-refractivity contribution in [2.75, 3.05) is 12.0 Å². The third-order valence-corrected chi connectivity index (χ3v) is 5.09. The van der Waals surface area contributed by atoms with Gasteiger partial charge in [0.05, 0.1) is 13.3 Å². The van der Waals surface area contributed by atoms with Crippen LogP contribution in [0.25, 0.3) is 0 Å². The number of methoxy groups -OCH3 is 1. The molecule has 1 N–H and O–H groups in total. The Morgan fingerprint density at radius 1 is 1.07 bits per heavy atom. The van der Waals surface area contributed by atoms with Crippen molar-refractivity contribution in [3.63, 3.8) is 0 Å². The number of benzene rings is 2. The zero-order valence-electron chi connectivity index (χ0n) is 14.8. The lowest BCUT2D eigenvalue weighted by atomic mass is 10.0. The highest BCUT2D eigenvalue weighted by Crippen LogP contribution is 2.36. The number of aromatic nitrogens is 1. The van der Waals surface area contributed by atoms with Crippen LogP contribution in [0, 0.1) is 0 Å². The maximum Gasteiger partial charge on any atom is 0.279 e. The van der Waals surface area contributed by atoms with E-state index in [-0.39, 0.29) is 17.0 Å². The fraction of sp³-hybridized carbons (Fsp3) is 0.190. The van der Waals surface area contributed by atoms with E-state index in [2.05, 4.69) is 4.57 Å². The Morgan fingerprint density at radius 2 is 1.78 bits per heavy atom. The van der Waals surface area contributed by atoms with E-state index in [9.17, 15) is 5.11 Å². The van der Waals surface area contributed by atoms with E-state index >= 15 is 0 Å². The average molecular weight is 448 g/mol. The molecule has 0 bridgehead atoms. The number of fused-ring (bicyclic) bond motifs is 1. The van der Waals surface area contributed by atoms with Crippen LogP contribution >= 0.6 is 11.6 Å². The van der Waals surface area contributed by atoms with Crippen LogP contribution < -0.4 is 31.2 Å². The van der Waals surface area contributed by atoms with Gasteiger partial charge in [0.2, 0.25) is 0 Å². The Morgan fingerprint density at radius 3 is 2.44 bits per heavy atom. The summed E-state index contributed by atoms with van der Waals surface area (Å²) in [4.78, 5) is 2.03. The predicted octanol–water partition coefficient (Wildman–Crippen LogP) is 0.506. The second kappa shape index (κ2) is 7.89. The van der Waals surface area contributed by atoms with Gasteiger partial charge in [-0.05, 0) is 35.9 Å². The molecule has 4 rings (SSSR count). The number of nitrogens with zero attached hydrogens (tertiary/aromatic N) is 2. The number of rotatable bonds is 4. The van der Waals surface area contributed by atoms with Gasteiger partial charge in [0.25, 0.3) is 11.5 Å². The Bertz CT molecular complexity index is 918. The highest BCUT2D eigenvalue weighted by molar-refractivity contribution is 6.30. The van der Waals surface area contributed by atoms with Crippen LogP contribution in [0.5, 0.6) is 5.75 Å². The van der Waals surface area contributed by atoms with E-state index in [4.69, 9.17) is 16.3 Å². The number of ether oxygens (including phenoxy) is 1. The van der Waals surface area contributed by atoms with Crippen LogP contribution in [-0.4, -0.2) is 12.2 Å². The van der Waals surface area contributed by atoms with E-state index in [1.807, 2.05) is 77.8 Å². The molecule has 3 aromatic rings. The van der Waals surface area contributed by atoms with Crippen molar-refractivity contribution in [2.45, 2.75) is 18.8 Å². The summed E-state index contributed by atoms with van der Waals surface area (Å²) in [6.45, 7) is 1.04. The van der Waals surface area contributed by atoms with Gasteiger partial charge in [0, 0.05) is 16.7 Å². The highest BCUT2D eigenvalue weighted by atomic mass is 79.9. The maximum absolute atomic E-state index is 11.6. The van der Waals surface area contributed by atoms with Crippen molar-refractivity contribution in [1.82, 2.24) is 0 Å². The summed E-state index contributed by atoms with van der Waals surface area (Å²) >= 11 is 6.04. The number of pyridine rings is 1. The summed E-state index contributed by atoms with van der Waals surface area (Å²) in [5, 5.41) is 12.3. The van der Waals surface area contributed by atoms with E-state index < -0.39 is 5.72 Å². The molecule has 0 saturated carbocycles. The minimum Gasteiger partial charge on any atom is -1.00 e. The van der Waals surface area contributed by atoms with E-state index in [1.54, 1.807) is 7.11 Å². The van der Waals surface area contributed by atoms with Gasteiger partial charge in [-0.3, -0.25) is 0 Å². The molecular weight excluding hydrogens is 428 g/mol. The van der Waals surface area contributed by atoms with Crippen LogP contribution in [0.1, 0.15) is 11.1 Å². The monoisotopic (exact) mass is 446 g/mol. The molecule has 0 amide bonds. The van der Waals surface area contributed by atoms with Gasteiger partial charge in [-0.1, -0.05) is 41.9 Å². The summed E-state index contributed by atoms with van der Waals surface area (Å²) in [5.74, 6) is 1.79. The molecule has 0 radical (unpaired) electrons. The standard InChI is InChI=1S/C21H20ClN2O2.BrH/c1-26-19-11-5-16(6-12-19)14-24-20-4-2-3-13-23(20)15-21(24,25)17-7-9-18(22)10-8-17;/h2-13,25H,14-15H2,1H3;1H/q+1;/p-1. The van der Waals surface area contributed by atoms with Crippen LogP contribution in [-0.2, 0) is 18.8 Å². The third-order valence-electron chi connectivity index (χ3n) is 4.84. The van der Waals surface area contributed by atoms with Gasteiger partial charge < -0.3 is 26.8 Å². The number of aliphatic hydroxyl groups is 1. The summed E-state index contributed by atoms with van der Waals surface area (Å²) in [5.41, 5.74) is 0.772. The molecule has 0 fully saturated rings. The largest absolute Gasteiger partial charge is 1.00 e. The summed E-state index contributed by atoms with van der Waals surface area (Å²) in [6.07, 6.45) is 1.99. The van der Waals surface area contributed by atoms with Gasteiger partial charge in [-0.25, -0.2) is 9.47 Å². The van der Waals surface area contributed by atoms with Crippen LogP contribution in [0.4, 0.5) is 5.82 Å². The first-order valence-corrected chi connectivity index (χ1v) is 8.85. The van der Waals surface area contributed by atoms with Crippen molar-refractivity contribution >= 4 is 17.4 Å². The first kappa shape index (κ1) is 19.7. The lowest BCUT2D eigenvalue weighted by Crippen LogP contribution is -3.00. The van der Waals surface area contributed by atoms with Gasteiger partial charge in [-0.2, -0.15) is 0 Å². The van der Waals surface area contributed by atoms with E-state index in [0.29, 0.717) is 18.1 Å². The molecule has 0 aliphatic carbocycles. The number of hydrogen-bond acceptors (Lipinski definition) is 3. The molecule has 2 heterocycles. The molecule has 1 atom stereocenters. The van der Waals surface area contributed by atoms with Gasteiger partial charge >= 0.3 is 0 Å². The average Bonchev–Trinajstić information content (AvgIpc) is 2.96. The molecule has 6 heteroatoms. The Labute approximate surface area is 174 Å². The van der Waals surface area contributed by atoms with Crippen molar-refractivity contribution in [3.05, 3.63) is 89.1 Å². The molecule has 1 aromatic heterocycles. The molecule has 1 unspecified atom stereocenters. The Balaban J connectivity index is 0.00000210. The van der Waals surface area contributed by atoms with E-state index in [1.165, 1.54) is 0 Å². The van der Waals surface area contributed by atoms with Crippen LogP contribution in [0.3, 0.4) is 0 Å². The molecule has 0 spiro atoms. The molecule has 27 heavy (non-hydrogen) atoms. The number of hydrogen-bond donors (Lipinski definition) is 1. The second-order valence-electron chi connectivity index (χ2n) is 6.44. The fourth-order valence-electron chi connectivity index (χ4n) is 3.45. The van der Waals surface area contributed by atoms with Crippen LogP contribution in [0.2, 0.25) is 5.02 Å². The van der Waals surface area contributed by atoms with Gasteiger partial charge in [0.15, 0.2) is 6.54 Å². The number of anilines is 1. The lowest BCUT2D eigenvalue weighted by Gasteiger charge is -2.27. The molecule has 2 aromatic carbocycles. The lowest BCUT2D eigenvalue weighted by molar-refractivity contribution is -0.683. The third kappa shape index (κ3) is 3.68. The first-order valence-electron chi connectivity index (χ1n) is 8.47. The second-order valence-corrected chi connectivity index (χ2v) is 6.88. The number of halogens is 2.